The molecular weight excluding hydrogens is 224 g/mol. The van der Waals surface area contributed by atoms with Crippen LogP contribution in [0.15, 0.2) is 16.7 Å². The van der Waals surface area contributed by atoms with Crippen LogP contribution in [0.5, 0.6) is 0 Å². The van der Waals surface area contributed by atoms with Crippen LogP contribution in [-0.4, -0.2) is 0 Å². The third kappa shape index (κ3) is 4.14. The molecule has 0 aromatic carbocycles. The third-order valence-corrected chi connectivity index (χ3v) is 3.79. The Morgan fingerprint density at radius 1 is 1.33 bits per heavy atom. The quantitative estimate of drug-likeness (QED) is 0.517. The molecular formula is C15H28N2O. The van der Waals surface area contributed by atoms with Gasteiger partial charge in [-0.2, -0.15) is 0 Å². The van der Waals surface area contributed by atoms with E-state index in [1.54, 1.807) is 6.26 Å². The van der Waals surface area contributed by atoms with Crippen LogP contribution >= 0.6 is 0 Å². The molecule has 3 heteroatoms. The second-order valence-corrected chi connectivity index (χ2v) is 5.02. The van der Waals surface area contributed by atoms with Gasteiger partial charge in [-0.25, -0.2) is 0 Å². The first-order valence-electron chi connectivity index (χ1n) is 7.29. The van der Waals surface area contributed by atoms with Crippen LogP contribution in [0.25, 0.3) is 0 Å². The van der Waals surface area contributed by atoms with E-state index in [2.05, 4.69) is 32.3 Å². The van der Waals surface area contributed by atoms with Gasteiger partial charge in [0.15, 0.2) is 0 Å². The van der Waals surface area contributed by atoms with Crippen LogP contribution in [0.3, 0.4) is 0 Å². The first kappa shape index (κ1) is 15.3. The number of nitrogens with one attached hydrogen (secondary N) is 1. The maximum Gasteiger partial charge on any atom is 0.108 e. The highest BCUT2D eigenvalue weighted by atomic mass is 16.3. The van der Waals surface area contributed by atoms with Crippen molar-refractivity contribution in [3.8, 4) is 0 Å². The zero-order valence-corrected chi connectivity index (χ0v) is 12.0. The van der Waals surface area contributed by atoms with Crippen molar-refractivity contribution in [2.45, 2.75) is 65.3 Å². The van der Waals surface area contributed by atoms with Gasteiger partial charge in [-0.05, 0) is 18.4 Å². The lowest BCUT2D eigenvalue weighted by Crippen LogP contribution is -2.30. The van der Waals surface area contributed by atoms with E-state index in [1.165, 1.54) is 31.2 Å². The summed E-state index contributed by atoms with van der Waals surface area (Å²) in [6.45, 7) is 6.63. The summed E-state index contributed by atoms with van der Waals surface area (Å²) in [5.74, 6) is 7.53. The van der Waals surface area contributed by atoms with Crippen molar-refractivity contribution in [2.24, 2.45) is 11.8 Å². The Bertz CT molecular complexity index is 322. The Hall–Kier alpha value is -0.800. The Morgan fingerprint density at radius 3 is 2.67 bits per heavy atom. The highest BCUT2D eigenvalue weighted by molar-refractivity contribution is 5.21. The number of hydrazine groups is 1. The van der Waals surface area contributed by atoms with E-state index in [0.717, 1.165) is 24.5 Å². The fourth-order valence-corrected chi connectivity index (χ4v) is 2.55. The molecule has 2 unspecified atom stereocenters. The maximum atomic E-state index is 5.73. The van der Waals surface area contributed by atoms with Crippen molar-refractivity contribution in [3.05, 3.63) is 23.7 Å². The van der Waals surface area contributed by atoms with E-state index in [0.29, 0.717) is 0 Å². The molecule has 2 atom stereocenters. The molecule has 0 bridgehead atoms. The Kier molecular flexibility index (Phi) is 7.06. The van der Waals surface area contributed by atoms with Crippen molar-refractivity contribution in [1.29, 1.82) is 0 Å². The van der Waals surface area contributed by atoms with Crippen LogP contribution in [0.4, 0.5) is 0 Å². The average molecular weight is 252 g/mol. The topological polar surface area (TPSA) is 51.2 Å². The van der Waals surface area contributed by atoms with E-state index in [9.17, 15) is 0 Å². The second-order valence-electron chi connectivity index (χ2n) is 5.02. The zero-order chi connectivity index (χ0) is 13.4. The SMILES string of the molecule is CCCCC(CC)CC(NN)c1ccoc1CC. The van der Waals surface area contributed by atoms with Crippen LogP contribution < -0.4 is 11.3 Å². The molecule has 104 valence electrons. The number of rotatable bonds is 9. The summed E-state index contributed by atoms with van der Waals surface area (Å²) >= 11 is 0. The van der Waals surface area contributed by atoms with Crippen LogP contribution in [0, 0.1) is 5.92 Å². The summed E-state index contributed by atoms with van der Waals surface area (Å²) in [7, 11) is 0. The molecule has 1 aromatic heterocycles. The first-order valence-corrected chi connectivity index (χ1v) is 7.29. The molecule has 3 nitrogen and oxygen atoms in total. The molecule has 0 fully saturated rings. The molecule has 0 aliphatic rings. The summed E-state index contributed by atoms with van der Waals surface area (Å²) < 4.78 is 5.50. The Labute approximate surface area is 111 Å². The number of aryl methyl sites for hydroxylation is 1. The molecule has 3 N–H and O–H groups in total. The fraction of sp³-hybridized carbons (Fsp3) is 0.733. The van der Waals surface area contributed by atoms with Crippen molar-refractivity contribution in [2.75, 3.05) is 0 Å². The minimum atomic E-state index is 0.223. The lowest BCUT2D eigenvalue weighted by molar-refractivity contribution is 0.352. The van der Waals surface area contributed by atoms with Gasteiger partial charge >= 0.3 is 0 Å². The van der Waals surface area contributed by atoms with E-state index < -0.39 is 0 Å². The second kappa shape index (κ2) is 8.33. The summed E-state index contributed by atoms with van der Waals surface area (Å²) in [6.07, 6.45) is 8.88. The predicted molar refractivity (Wildman–Crippen MR) is 76.1 cm³/mol. The predicted octanol–water partition coefficient (Wildman–Crippen LogP) is 3.95. The van der Waals surface area contributed by atoms with Crippen LogP contribution in [0.1, 0.15) is 70.2 Å². The number of unbranched alkanes of at least 4 members (excludes halogenated alkanes) is 1. The molecule has 0 aliphatic heterocycles. The van der Waals surface area contributed by atoms with Crippen molar-refractivity contribution in [1.82, 2.24) is 5.43 Å². The van der Waals surface area contributed by atoms with Gasteiger partial charge in [0.2, 0.25) is 0 Å². The lowest BCUT2D eigenvalue weighted by Gasteiger charge is -2.22. The normalized spacial score (nSPS) is 14.7. The highest BCUT2D eigenvalue weighted by Gasteiger charge is 2.19. The van der Waals surface area contributed by atoms with Crippen molar-refractivity contribution < 1.29 is 4.42 Å². The fourth-order valence-electron chi connectivity index (χ4n) is 2.55. The molecule has 0 radical (unpaired) electrons. The minimum Gasteiger partial charge on any atom is -0.469 e. The maximum absolute atomic E-state index is 5.73. The molecule has 0 amide bonds. The van der Waals surface area contributed by atoms with Gasteiger partial charge in [0, 0.05) is 18.0 Å². The molecule has 1 heterocycles. The van der Waals surface area contributed by atoms with Gasteiger partial charge in [0.25, 0.3) is 0 Å². The molecule has 0 saturated heterocycles. The molecule has 0 spiro atoms. The van der Waals surface area contributed by atoms with E-state index in [4.69, 9.17) is 10.3 Å². The molecule has 0 aliphatic carbocycles. The number of nitrogens with two attached hydrogens (primary N) is 1. The van der Waals surface area contributed by atoms with Crippen molar-refractivity contribution >= 4 is 0 Å². The highest BCUT2D eigenvalue weighted by Crippen LogP contribution is 2.29. The number of furan rings is 1. The van der Waals surface area contributed by atoms with Gasteiger partial charge < -0.3 is 4.42 Å². The van der Waals surface area contributed by atoms with Gasteiger partial charge in [-0.15, -0.1) is 0 Å². The first-order chi connectivity index (χ1) is 8.76. The van der Waals surface area contributed by atoms with Gasteiger partial charge in [-0.1, -0.05) is 46.5 Å². The van der Waals surface area contributed by atoms with Gasteiger partial charge in [-0.3, -0.25) is 11.3 Å². The number of hydrogen-bond acceptors (Lipinski definition) is 3. The van der Waals surface area contributed by atoms with Crippen LogP contribution in [-0.2, 0) is 6.42 Å². The molecule has 0 saturated carbocycles. The average Bonchev–Trinajstić information content (AvgIpc) is 2.87. The Balaban J connectivity index is 2.65. The summed E-state index contributed by atoms with van der Waals surface area (Å²) in [4.78, 5) is 0. The van der Waals surface area contributed by atoms with Gasteiger partial charge in [0.1, 0.15) is 5.76 Å². The smallest absolute Gasteiger partial charge is 0.108 e. The van der Waals surface area contributed by atoms with Crippen LogP contribution in [0.2, 0.25) is 0 Å². The van der Waals surface area contributed by atoms with E-state index in [-0.39, 0.29) is 6.04 Å². The van der Waals surface area contributed by atoms with E-state index in [1.807, 2.05) is 0 Å². The largest absolute Gasteiger partial charge is 0.469 e. The molecule has 1 rings (SSSR count). The van der Waals surface area contributed by atoms with E-state index >= 15 is 0 Å². The monoisotopic (exact) mass is 252 g/mol. The van der Waals surface area contributed by atoms with Crippen molar-refractivity contribution in [3.63, 3.8) is 0 Å². The molecule has 1 aromatic rings. The minimum absolute atomic E-state index is 0.223. The summed E-state index contributed by atoms with van der Waals surface area (Å²) in [6, 6.07) is 2.27. The number of hydrogen-bond donors (Lipinski definition) is 2. The lowest BCUT2D eigenvalue weighted by atomic mass is 9.89. The van der Waals surface area contributed by atoms with Gasteiger partial charge in [0.05, 0.1) is 6.26 Å². The third-order valence-electron chi connectivity index (χ3n) is 3.79. The Morgan fingerprint density at radius 2 is 2.11 bits per heavy atom. The standard InChI is InChI=1S/C15H28N2O/c1-4-7-8-12(5-2)11-14(17-16)13-9-10-18-15(13)6-3/h9-10,12,14,17H,4-8,11,16H2,1-3H3. The summed E-state index contributed by atoms with van der Waals surface area (Å²) in [5, 5.41) is 0. The zero-order valence-electron chi connectivity index (χ0n) is 12.0. The molecule has 18 heavy (non-hydrogen) atoms. The summed E-state index contributed by atoms with van der Waals surface area (Å²) in [5.41, 5.74) is 4.19.